The van der Waals surface area contributed by atoms with Crippen molar-refractivity contribution < 1.29 is 0 Å². The highest BCUT2D eigenvalue weighted by atomic mass is 13.9. The van der Waals surface area contributed by atoms with Crippen molar-refractivity contribution in [3.05, 3.63) is 0 Å². The van der Waals surface area contributed by atoms with Gasteiger partial charge in [-0.05, 0) is 0 Å². The first-order valence-electron chi connectivity index (χ1n) is 2.03. The second kappa shape index (κ2) is 2.02. The molecule has 0 N–H and O–H groups in total. The van der Waals surface area contributed by atoms with Gasteiger partial charge in [0.2, 0.25) is 0 Å². The molecule has 28 valence electrons. The first-order chi connectivity index (χ1) is 2.94. The summed E-state index contributed by atoms with van der Waals surface area (Å²) in [7, 11) is 20.6. The van der Waals surface area contributed by atoms with Gasteiger partial charge in [-0.3, -0.25) is 0 Å². The highest BCUT2D eigenvalue weighted by molar-refractivity contribution is 6.51. The Labute approximate surface area is 50.1 Å². The normalized spacial score (nSPS) is 12.3. The van der Waals surface area contributed by atoms with Gasteiger partial charge in [0.05, 0.1) is 31.4 Å². The first-order valence-corrected chi connectivity index (χ1v) is 2.03. The summed E-state index contributed by atoms with van der Waals surface area (Å²) in [5.74, 6) is 0. The molecule has 0 bridgehead atoms. The topological polar surface area (TPSA) is 0 Å². The molecule has 0 nitrogen and oxygen atoms in total. The van der Waals surface area contributed by atoms with E-state index in [2.05, 4.69) is 0 Å². The summed E-state index contributed by atoms with van der Waals surface area (Å²) in [6, 6.07) is 0. The molecule has 0 aliphatic rings. The maximum absolute atomic E-state index is 5.21. The second-order valence-corrected chi connectivity index (χ2v) is 1.89. The van der Waals surface area contributed by atoms with Crippen LogP contribution in [0.4, 0.5) is 0 Å². The summed E-state index contributed by atoms with van der Waals surface area (Å²) in [5, 5.41) is -0.944. The van der Waals surface area contributed by atoms with E-state index in [1.54, 1.807) is 6.92 Å². The van der Waals surface area contributed by atoms with Crippen LogP contribution in [0.3, 0.4) is 0 Å². The zero-order valence-electron chi connectivity index (χ0n) is 4.39. The van der Waals surface area contributed by atoms with Gasteiger partial charge in [0.1, 0.15) is 0 Å². The van der Waals surface area contributed by atoms with Crippen molar-refractivity contribution in [3.8, 4) is 0 Å². The van der Waals surface area contributed by atoms with Crippen LogP contribution < -0.4 is 0 Å². The van der Waals surface area contributed by atoms with Crippen molar-refractivity contribution in [2.24, 2.45) is 0 Å². The fraction of sp³-hybridized carbons (Fsp3) is 1.00. The number of hydrogen-bond acceptors (Lipinski definition) is 0. The molecule has 0 aromatic carbocycles. The molecule has 0 unspecified atom stereocenters. The van der Waals surface area contributed by atoms with E-state index in [0.29, 0.717) is 0 Å². The van der Waals surface area contributed by atoms with Gasteiger partial charge in [0.25, 0.3) is 0 Å². The van der Waals surface area contributed by atoms with E-state index in [-0.39, 0.29) is 0 Å². The van der Waals surface area contributed by atoms with Crippen molar-refractivity contribution >= 4 is 31.4 Å². The van der Waals surface area contributed by atoms with Crippen molar-refractivity contribution in [3.63, 3.8) is 0 Å². The van der Waals surface area contributed by atoms with Crippen LogP contribution in [-0.2, 0) is 0 Å². The van der Waals surface area contributed by atoms with Crippen molar-refractivity contribution in [2.45, 2.75) is 17.9 Å². The molecule has 7 heavy (non-hydrogen) atoms. The molecule has 0 saturated heterocycles. The van der Waals surface area contributed by atoms with Crippen molar-refractivity contribution in [1.82, 2.24) is 0 Å². The highest BCUT2D eigenvalue weighted by Crippen LogP contribution is 2.25. The summed E-state index contributed by atoms with van der Waals surface area (Å²) in [5.41, 5.74) is -0.646. The lowest BCUT2D eigenvalue weighted by Crippen LogP contribution is -2.15. The minimum Gasteiger partial charge on any atom is -0.119 e. The van der Waals surface area contributed by atoms with Gasteiger partial charge in [-0.15, -0.1) is 10.9 Å². The van der Waals surface area contributed by atoms with Crippen LogP contribution in [0, 0.1) is 0 Å². The summed E-state index contributed by atoms with van der Waals surface area (Å²) < 4.78 is 0. The van der Waals surface area contributed by atoms with Gasteiger partial charge in [0, 0.05) is 0 Å². The van der Waals surface area contributed by atoms with Gasteiger partial charge < -0.3 is 0 Å². The van der Waals surface area contributed by atoms with Crippen LogP contribution >= 0.6 is 0 Å². The Morgan fingerprint density at radius 3 is 1.43 bits per heavy atom. The average molecular weight is 83.3 g/mol. The molecule has 8 radical (unpaired) electrons. The predicted octanol–water partition coefficient (Wildman–Crippen LogP) is -0.458. The van der Waals surface area contributed by atoms with Gasteiger partial charge >= 0.3 is 0 Å². The molecule has 0 heterocycles. The van der Waals surface area contributed by atoms with E-state index in [1.807, 2.05) is 0 Å². The first kappa shape index (κ1) is 7.26. The summed E-state index contributed by atoms with van der Waals surface area (Å²) in [6.07, 6.45) is 0. The van der Waals surface area contributed by atoms with Gasteiger partial charge in [-0.2, -0.15) is 0 Å². The highest BCUT2D eigenvalue weighted by Gasteiger charge is 2.12. The fourth-order valence-corrected chi connectivity index (χ4v) is 0. The Morgan fingerprint density at radius 1 is 1.29 bits per heavy atom. The Bertz CT molecular complexity index is 52.4. The van der Waals surface area contributed by atoms with Crippen LogP contribution in [0.15, 0.2) is 0 Å². The van der Waals surface area contributed by atoms with E-state index in [0.717, 1.165) is 0 Å². The van der Waals surface area contributed by atoms with E-state index >= 15 is 0 Å². The molecule has 0 saturated carbocycles. The molecular formula is C3H4B4. The molecule has 0 atom stereocenters. The smallest absolute Gasteiger partial charge is 0.0601 e. The third-order valence-corrected chi connectivity index (χ3v) is 0.718. The Kier molecular flexibility index (Phi) is 2.09. The molecule has 0 aliphatic carbocycles. The zero-order chi connectivity index (χ0) is 6.08. The van der Waals surface area contributed by atoms with Crippen LogP contribution in [0.25, 0.3) is 0 Å². The molecule has 0 aliphatic heterocycles. The van der Waals surface area contributed by atoms with Gasteiger partial charge in [0.15, 0.2) is 0 Å². The van der Waals surface area contributed by atoms with E-state index in [4.69, 9.17) is 31.4 Å². The third-order valence-electron chi connectivity index (χ3n) is 0.718. The maximum atomic E-state index is 5.21. The van der Waals surface area contributed by atoms with Gasteiger partial charge in [-0.1, -0.05) is 6.92 Å². The minimum atomic E-state index is -0.944. The summed E-state index contributed by atoms with van der Waals surface area (Å²) in [6.45, 7) is 1.57. The third kappa shape index (κ3) is 2.90. The Balaban J connectivity index is 3.54. The summed E-state index contributed by atoms with van der Waals surface area (Å²) in [4.78, 5) is 0. The second-order valence-electron chi connectivity index (χ2n) is 1.89. The summed E-state index contributed by atoms with van der Waals surface area (Å²) >= 11 is 0. The van der Waals surface area contributed by atoms with Crippen LogP contribution in [0.2, 0.25) is 10.9 Å². The SMILES string of the molecule is [B]C([B])C([B])([B])C. The largest absolute Gasteiger partial charge is 0.119 e. The number of rotatable bonds is 1. The fourth-order valence-electron chi connectivity index (χ4n) is 0. The lowest BCUT2D eigenvalue weighted by atomic mass is 9.39. The molecule has 0 amide bonds. The van der Waals surface area contributed by atoms with Crippen LogP contribution in [0.5, 0.6) is 0 Å². The van der Waals surface area contributed by atoms with E-state index < -0.39 is 10.9 Å². The average Bonchev–Trinajstić information content (AvgIpc) is 1.31. The van der Waals surface area contributed by atoms with Crippen LogP contribution in [0.1, 0.15) is 6.92 Å². The van der Waals surface area contributed by atoms with Crippen molar-refractivity contribution in [2.75, 3.05) is 0 Å². The predicted molar refractivity (Wildman–Crippen MR) is 35.1 cm³/mol. The monoisotopic (exact) mass is 84.1 g/mol. The standard InChI is InChI=1S/C3H4B4/c1-3(6,7)2(4)5/h2H,1H3. The van der Waals surface area contributed by atoms with Crippen LogP contribution in [-0.4, -0.2) is 31.4 Å². The van der Waals surface area contributed by atoms with E-state index in [1.165, 1.54) is 0 Å². The number of hydrogen-bond donors (Lipinski definition) is 0. The van der Waals surface area contributed by atoms with E-state index in [9.17, 15) is 0 Å². The lowest BCUT2D eigenvalue weighted by molar-refractivity contribution is 0.917. The molecule has 0 fully saturated rings. The van der Waals surface area contributed by atoms with Crippen molar-refractivity contribution in [1.29, 1.82) is 0 Å². The van der Waals surface area contributed by atoms with Gasteiger partial charge in [-0.25, -0.2) is 0 Å². The zero-order valence-corrected chi connectivity index (χ0v) is 4.39. The maximum Gasteiger partial charge on any atom is 0.0601 e. The molecular weight excluding hydrogens is 79.3 g/mol. The minimum absolute atomic E-state index is 0.646. The molecule has 0 spiro atoms. The Hall–Kier alpha value is 0.260. The lowest BCUT2D eigenvalue weighted by Gasteiger charge is -2.24. The molecule has 0 aromatic rings. The molecule has 0 aromatic heterocycles. The molecule has 4 heteroatoms. The Morgan fingerprint density at radius 2 is 1.43 bits per heavy atom. The quantitative estimate of drug-likeness (QED) is 0.376. The molecule has 0 rings (SSSR count).